The molecule has 20 rings (SSSR count). The summed E-state index contributed by atoms with van der Waals surface area (Å²) in [6.07, 6.45) is 0. The van der Waals surface area contributed by atoms with E-state index in [0.717, 1.165) is 107 Å². The second-order valence-corrected chi connectivity index (χ2v) is 28.4. The number of fused-ring (bicyclic) bond motifs is 16. The number of nitrogens with zero attached hydrogens (tertiary/aromatic N) is 2. The van der Waals surface area contributed by atoms with Crippen LogP contribution < -0.4 is 77.1 Å². The first-order valence-corrected chi connectivity index (χ1v) is 33.8. The third-order valence-corrected chi connectivity index (χ3v) is 23.1. The molecule has 2 aromatic heterocycles. The van der Waals surface area contributed by atoms with Crippen molar-refractivity contribution >= 4 is 156 Å². The van der Waals surface area contributed by atoms with Crippen molar-refractivity contribution in [1.29, 1.82) is 0 Å². The lowest BCUT2D eigenvalue weighted by molar-refractivity contribution is 0.465. The molecule has 0 amide bonds. The Hall–Kier alpha value is -10.4. The summed E-state index contributed by atoms with van der Waals surface area (Å²) in [4.78, 5) is 5.09. The normalized spacial score (nSPS) is 13.7. The van der Waals surface area contributed by atoms with Gasteiger partial charge in [-0.1, -0.05) is 151 Å². The Morgan fingerprint density at radius 3 is 1.52 bits per heavy atom. The van der Waals surface area contributed by atoms with E-state index in [1.165, 1.54) is 108 Å². The zero-order chi connectivity index (χ0) is 61.8. The van der Waals surface area contributed by atoms with E-state index in [2.05, 4.69) is 281 Å². The van der Waals surface area contributed by atoms with E-state index in [1.54, 1.807) is 0 Å². The molecule has 8 heterocycles. The van der Waals surface area contributed by atoms with Crippen LogP contribution in [0.3, 0.4) is 0 Å². The van der Waals surface area contributed by atoms with Crippen molar-refractivity contribution in [2.45, 2.75) is 41.5 Å². The SMILES string of the molecule is Cc1cc(C)c(N2c3cc4c(cc3B3c5sc6ccccc6c5Oc5cc(-c6ccccc6C)cc2c53)B2c3cc5c(cc3Oc3cc(-c6ccccc6C)cc(c32)O4)Nc2cc(-c3ccccc3C)cc3c2B5c2sc4ccccc4c2N3c2ccccc2)c(C)c1. The van der Waals surface area contributed by atoms with Crippen LogP contribution in [0, 0.1) is 41.5 Å². The highest BCUT2D eigenvalue weighted by molar-refractivity contribution is 7.34. The second kappa shape index (κ2) is 19.5. The van der Waals surface area contributed by atoms with Crippen molar-refractivity contribution < 1.29 is 14.2 Å². The van der Waals surface area contributed by atoms with Gasteiger partial charge in [-0.15, -0.1) is 22.7 Å². The number of benzene rings is 12. The summed E-state index contributed by atoms with van der Waals surface area (Å²) >= 11 is 3.78. The van der Waals surface area contributed by atoms with Crippen molar-refractivity contribution in [3.63, 3.8) is 0 Å². The fourth-order valence-corrected chi connectivity index (χ4v) is 19.3. The van der Waals surface area contributed by atoms with E-state index in [4.69, 9.17) is 14.2 Å². The Bertz CT molecular complexity index is 5650. The monoisotopic (exact) mass is 1230 g/mol. The molecule has 0 aliphatic carbocycles. The highest BCUT2D eigenvalue weighted by Gasteiger charge is 2.50. The lowest BCUT2D eigenvalue weighted by Gasteiger charge is -2.42. The van der Waals surface area contributed by atoms with E-state index < -0.39 is 0 Å². The van der Waals surface area contributed by atoms with E-state index >= 15 is 0 Å². The molecule has 0 bridgehead atoms. The number of para-hydroxylation sites is 1. The summed E-state index contributed by atoms with van der Waals surface area (Å²) in [5.74, 6) is 5.09. The molecule has 93 heavy (non-hydrogen) atoms. The van der Waals surface area contributed by atoms with Crippen molar-refractivity contribution in [2.24, 2.45) is 0 Å². The molecular weight excluding hydrogens is 1170 g/mol. The van der Waals surface area contributed by atoms with Gasteiger partial charge in [-0.3, -0.25) is 0 Å². The summed E-state index contributed by atoms with van der Waals surface area (Å²) in [5.41, 5.74) is 31.3. The van der Waals surface area contributed by atoms with Crippen LogP contribution in [0.25, 0.3) is 53.6 Å². The number of hydrogen-bond acceptors (Lipinski definition) is 8. The zero-order valence-electron chi connectivity index (χ0n) is 52.0. The van der Waals surface area contributed by atoms with Gasteiger partial charge in [0, 0.05) is 81.4 Å². The predicted molar refractivity (Wildman–Crippen MR) is 395 cm³/mol. The quantitative estimate of drug-likeness (QED) is 0.173. The Kier molecular flexibility index (Phi) is 11.2. The van der Waals surface area contributed by atoms with Gasteiger partial charge in [-0.05, 0) is 202 Å². The lowest BCUT2D eigenvalue weighted by Crippen LogP contribution is -2.64. The van der Waals surface area contributed by atoms with Gasteiger partial charge in [0.2, 0.25) is 0 Å². The first-order valence-electron chi connectivity index (χ1n) is 32.2. The number of aryl methyl sites for hydroxylation is 6. The van der Waals surface area contributed by atoms with Crippen LogP contribution in [-0.4, -0.2) is 20.1 Å². The predicted octanol–water partition coefficient (Wildman–Crippen LogP) is 16.5. The molecule has 0 saturated heterocycles. The maximum Gasteiger partial charge on any atom is 0.268 e. The highest BCUT2D eigenvalue weighted by atomic mass is 32.1. The standard InChI is InChI=1S/C82H56B3N3O3S2/c1-44-32-48(5)78(49(6)33-44)88-65-43-69-62(41-60(65)85-76-67(88)36-51(55-26-14-11-21-46(55)3)37-70(76)91-80-58-29-17-19-31-74(58)93-82(80)85)83-61-40-59-63(42-68(61)89-71-38-52(39-72(90-69)77(71)83)56-27-15-12-22-47(56)4)86-64-34-50(54-25-13-10-20-45(54)2)35-66-75(64)84(59)81-79(57-28-16-18-30-73(57)92-81)87(66)53-23-8-7-9-24-53/h7-43,86H,1-6H3. The van der Waals surface area contributed by atoms with Gasteiger partial charge in [-0.2, -0.15) is 0 Å². The second-order valence-electron chi connectivity index (χ2n) is 26.2. The zero-order valence-corrected chi connectivity index (χ0v) is 53.7. The van der Waals surface area contributed by atoms with Gasteiger partial charge in [-0.25, -0.2) is 0 Å². The lowest BCUT2D eigenvalue weighted by atomic mass is 9.31. The van der Waals surface area contributed by atoms with E-state index in [1.807, 2.05) is 22.7 Å². The summed E-state index contributed by atoms with van der Waals surface area (Å²) in [6, 6.07) is 83.4. The average molecular weight is 1230 g/mol. The number of hydrogen-bond donors (Lipinski definition) is 1. The van der Waals surface area contributed by atoms with E-state index in [-0.39, 0.29) is 20.1 Å². The third kappa shape index (κ3) is 7.60. The largest absolute Gasteiger partial charge is 0.458 e. The van der Waals surface area contributed by atoms with Crippen LogP contribution >= 0.6 is 22.7 Å². The summed E-state index contributed by atoms with van der Waals surface area (Å²) in [5, 5.41) is 6.53. The van der Waals surface area contributed by atoms with Crippen LogP contribution in [0.15, 0.2) is 224 Å². The minimum Gasteiger partial charge on any atom is -0.458 e. The number of ether oxygens (including phenoxy) is 3. The molecule has 0 saturated carbocycles. The van der Waals surface area contributed by atoms with Crippen LogP contribution in [-0.2, 0) is 0 Å². The Morgan fingerprint density at radius 1 is 0.344 bits per heavy atom. The number of anilines is 8. The molecule has 0 fully saturated rings. The average Bonchev–Trinajstić information content (AvgIpc) is 1.64. The maximum absolute atomic E-state index is 7.66. The summed E-state index contributed by atoms with van der Waals surface area (Å²) in [6.45, 7) is 12.8. The number of thiophene rings is 2. The molecule has 6 aliphatic rings. The topological polar surface area (TPSA) is 46.2 Å². The molecule has 438 valence electrons. The molecule has 11 heteroatoms. The molecule has 0 atom stereocenters. The molecular formula is C82H56B3N3O3S2. The summed E-state index contributed by atoms with van der Waals surface area (Å²) in [7, 11) is 0. The van der Waals surface area contributed by atoms with E-state index in [0.29, 0.717) is 0 Å². The van der Waals surface area contributed by atoms with Gasteiger partial charge in [0.1, 0.15) is 34.5 Å². The molecule has 14 aromatic rings. The van der Waals surface area contributed by atoms with Crippen LogP contribution in [0.4, 0.5) is 45.5 Å². The smallest absolute Gasteiger partial charge is 0.268 e. The Labute approximate surface area is 549 Å². The molecule has 0 spiro atoms. The fourth-order valence-electron chi connectivity index (χ4n) is 16.7. The minimum absolute atomic E-state index is 0.107. The molecule has 6 nitrogen and oxygen atoms in total. The number of rotatable bonds is 5. The third-order valence-electron chi connectivity index (χ3n) is 20.6. The van der Waals surface area contributed by atoms with Crippen LogP contribution in [0.5, 0.6) is 34.5 Å². The Morgan fingerprint density at radius 2 is 0.860 bits per heavy atom. The van der Waals surface area contributed by atoms with Crippen molar-refractivity contribution in [1.82, 2.24) is 0 Å². The Balaban J connectivity index is 0.862. The molecule has 6 aliphatic heterocycles. The summed E-state index contributed by atoms with van der Waals surface area (Å²) < 4.78 is 27.6. The van der Waals surface area contributed by atoms with Gasteiger partial charge >= 0.3 is 0 Å². The van der Waals surface area contributed by atoms with Crippen LogP contribution in [0.2, 0.25) is 0 Å². The van der Waals surface area contributed by atoms with Gasteiger partial charge < -0.3 is 29.3 Å². The fraction of sp³-hybridized carbons (Fsp3) is 0.0732. The molecule has 0 unspecified atom stereocenters. The highest BCUT2D eigenvalue weighted by Crippen LogP contribution is 2.52. The van der Waals surface area contributed by atoms with Crippen molar-refractivity contribution in [2.75, 3.05) is 15.1 Å². The van der Waals surface area contributed by atoms with E-state index in [9.17, 15) is 0 Å². The van der Waals surface area contributed by atoms with Gasteiger partial charge in [0.25, 0.3) is 20.1 Å². The molecule has 12 aromatic carbocycles. The first-order chi connectivity index (χ1) is 45.6. The minimum atomic E-state index is -0.276. The maximum atomic E-state index is 7.66. The van der Waals surface area contributed by atoms with Gasteiger partial charge in [0.05, 0.1) is 11.4 Å². The first kappa shape index (κ1) is 53.2. The van der Waals surface area contributed by atoms with Crippen molar-refractivity contribution in [3.8, 4) is 67.9 Å². The van der Waals surface area contributed by atoms with Crippen LogP contribution in [0.1, 0.15) is 33.4 Å². The van der Waals surface area contributed by atoms with Crippen molar-refractivity contribution in [3.05, 3.63) is 258 Å². The molecule has 0 radical (unpaired) electrons. The van der Waals surface area contributed by atoms with Gasteiger partial charge in [0.15, 0.2) is 0 Å². The number of nitrogens with one attached hydrogen (secondary N) is 1. The molecule has 1 N–H and O–H groups in total.